The average molecular weight is 864 g/mol. The minimum Gasteiger partial charge on any atom is -1.00 e. The van der Waals surface area contributed by atoms with Gasteiger partial charge in [0.2, 0.25) is 5.91 Å². The lowest BCUT2D eigenvalue weighted by Crippen LogP contribution is -3.00. The lowest BCUT2D eigenvalue weighted by atomic mass is 9.98. The lowest BCUT2D eigenvalue weighted by molar-refractivity contribution is -0.884. The molecular weight excluding hydrogens is 797 g/mol. The first-order chi connectivity index (χ1) is 28.1. The highest BCUT2D eigenvalue weighted by Crippen LogP contribution is 2.30. The summed E-state index contributed by atoms with van der Waals surface area (Å²) in [5, 5.41) is 2.80. The van der Waals surface area contributed by atoms with E-state index in [1.807, 2.05) is 54.4 Å². The molecule has 2 amide bonds. The zero-order valence-electron chi connectivity index (χ0n) is 35.5. The van der Waals surface area contributed by atoms with Crippen LogP contribution in [0.25, 0.3) is 0 Å². The summed E-state index contributed by atoms with van der Waals surface area (Å²) in [4.78, 5) is 42.4. The van der Waals surface area contributed by atoms with Crippen LogP contribution in [0.2, 0.25) is 0 Å². The van der Waals surface area contributed by atoms with E-state index in [0.717, 1.165) is 56.6 Å². The number of allylic oxidation sites excluding steroid dienone is 1. The number of nitrogens with zero attached hydrogens (tertiary/aromatic N) is 2. The number of halogens is 4. The van der Waals surface area contributed by atoms with Gasteiger partial charge in [0, 0.05) is 49.1 Å². The third kappa shape index (κ3) is 17.1. The van der Waals surface area contributed by atoms with E-state index in [2.05, 4.69) is 67.7 Å². The molecule has 62 heavy (non-hydrogen) atoms. The zero-order chi connectivity index (χ0) is 43.0. The number of para-hydroxylation sites is 1. The Morgan fingerprint density at radius 1 is 0.871 bits per heavy atom. The molecule has 0 aliphatic carbocycles. The second-order valence-electron chi connectivity index (χ2n) is 15.9. The molecule has 4 aromatic rings. The molecule has 4 aromatic carbocycles. The molecule has 1 fully saturated rings. The minimum absolute atomic E-state index is 0. The normalized spacial score (nSPS) is 16.1. The number of anilines is 2. The Balaban J connectivity index is 0.00000263. The van der Waals surface area contributed by atoms with Gasteiger partial charge >= 0.3 is 13.6 Å². The molecule has 1 saturated heterocycles. The predicted octanol–water partition coefficient (Wildman–Crippen LogP) is 9.64. The van der Waals surface area contributed by atoms with Gasteiger partial charge in [0.15, 0.2) is 5.78 Å². The van der Waals surface area contributed by atoms with Crippen LogP contribution < -0.4 is 19.7 Å². The van der Waals surface area contributed by atoms with Crippen LogP contribution in [0.3, 0.4) is 0 Å². The van der Waals surface area contributed by atoms with Crippen LogP contribution in [-0.2, 0) is 22.6 Å². The maximum atomic E-state index is 14.2. The van der Waals surface area contributed by atoms with Crippen LogP contribution in [-0.4, -0.2) is 61.1 Å². The third-order valence-electron chi connectivity index (χ3n) is 10.5. The quantitative estimate of drug-likeness (QED) is 0.0423. The van der Waals surface area contributed by atoms with E-state index in [4.69, 9.17) is 9.47 Å². The maximum absolute atomic E-state index is 14.2. The number of piperidine rings is 1. The highest BCUT2D eigenvalue weighted by Gasteiger charge is 2.37. The average Bonchev–Trinajstić information content (AvgIpc) is 3.22. The van der Waals surface area contributed by atoms with Gasteiger partial charge in [-0.05, 0) is 80.1 Å². The van der Waals surface area contributed by atoms with Crippen molar-refractivity contribution in [2.45, 2.75) is 113 Å². The number of quaternary nitrogens is 1. The van der Waals surface area contributed by atoms with Gasteiger partial charge in [0.25, 0.3) is 0 Å². The summed E-state index contributed by atoms with van der Waals surface area (Å²) in [6.45, 7) is 14.4. The summed E-state index contributed by atoms with van der Waals surface area (Å²) in [5.74, 6) is 0.872. The Morgan fingerprint density at radius 3 is 2.00 bits per heavy atom. The van der Waals surface area contributed by atoms with Crippen LogP contribution in [0, 0.1) is 0 Å². The summed E-state index contributed by atoms with van der Waals surface area (Å²) in [5.41, 5.74) is 4.42. The van der Waals surface area contributed by atoms with E-state index >= 15 is 0 Å². The molecule has 1 heterocycles. The SMILES string of the molecule is C.C.CCC(=O)N(c1ccccc1)C1CC[N+](C=CC(=O)c2cc(OCc3ccc(C(C)CC)cc3)ccc2NC(=O)OC(C)(C)C)(CCc2ccccc2)CC1.FB(F)F.[F-]. The Kier molecular flexibility index (Phi) is 23.0. The molecule has 0 aromatic heterocycles. The van der Waals surface area contributed by atoms with Crippen molar-refractivity contribution in [3.63, 3.8) is 0 Å². The summed E-state index contributed by atoms with van der Waals surface area (Å²) in [6, 6.07) is 34.0. The van der Waals surface area contributed by atoms with Crippen molar-refractivity contribution in [2.75, 3.05) is 29.9 Å². The number of carbonyl (C=O) groups excluding carboxylic acids is 3. The molecule has 1 aliphatic heterocycles. The van der Waals surface area contributed by atoms with E-state index in [-0.39, 0.29) is 37.3 Å². The van der Waals surface area contributed by atoms with Crippen LogP contribution in [0.1, 0.15) is 115 Å². The first-order valence-electron chi connectivity index (χ1n) is 20.4. The second kappa shape index (κ2) is 26.1. The van der Waals surface area contributed by atoms with Crippen molar-refractivity contribution in [2.24, 2.45) is 0 Å². The molecule has 0 radical (unpaired) electrons. The van der Waals surface area contributed by atoms with Gasteiger partial charge in [-0.15, -0.1) is 0 Å². The molecule has 1 N–H and O–H groups in total. The number of rotatable bonds is 15. The number of carbonyl (C=O) groups is 3. The molecule has 338 valence electrons. The molecule has 13 heteroatoms. The maximum Gasteiger partial charge on any atom is 0.762 e. The van der Waals surface area contributed by atoms with Gasteiger partial charge in [0.05, 0.1) is 31.5 Å². The number of benzene rings is 4. The lowest BCUT2D eigenvalue weighted by Gasteiger charge is -2.44. The largest absolute Gasteiger partial charge is 1.00 e. The van der Waals surface area contributed by atoms with Gasteiger partial charge < -0.3 is 19.1 Å². The van der Waals surface area contributed by atoms with Gasteiger partial charge in [0.1, 0.15) is 18.0 Å². The van der Waals surface area contributed by atoms with Gasteiger partial charge in [-0.2, -0.15) is 0 Å². The Morgan fingerprint density at radius 2 is 1.45 bits per heavy atom. The standard InChI is InChI=1S/C47H57N3O5.2CH4.BF3.FH/c1-7-35(3)38-21-19-37(20-22-38)34-54-41-23-24-43(48-46(53)55-47(4,5)6)42(33-41)44(51)28-32-50(29-25-36-15-11-9-12-16-36)30-26-40(27-31-50)49(45(52)8-2)39-17-13-10-14-18-39;;;2-1(3)4;/h9-24,28,32-33,35,40H,7-8,25-27,29-31,34H2,1-6H3;2*1H4;;1H. The monoisotopic (exact) mass is 864 g/mol. The number of likely N-dealkylation sites (tertiary alicyclic amines) is 1. The highest BCUT2D eigenvalue weighted by molar-refractivity contribution is 6.33. The number of ketones is 1. The van der Waals surface area contributed by atoms with Gasteiger partial charge in [-0.25, -0.2) is 4.79 Å². The molecular formula is C49H66BF4N3O5. The minimum atomic E-state index is -3.67. The Hall–Kier alpha value is -5.43. The van der Waals surface area contributed by atoms with Crippen molar-refractivity contribution >= 4 is 36.7 Å². The van der Waals surface area contributed by atoms with Crippen LogP contribution >= 0.6 is 0 Å². The fraction of sp³-hybridized carbons (Fsp3) is 0.408. The Bertz CT molecular complexity index is 1970. The number of amides is 2. The van der Waals surface area contributed by atoms with Crippen molar-refractivity contribution in [1.82, 2.24) is 0 Å². The topological polar surface area (TPSA) is 84.9 Å². The van der Waals surface area contributed by atoms with Crippen molar-refractivity contribution in [1.29, 1.82) is 0 Å². The van der Waals surface area contributed by atoms with E-state index < -0.39 is 19.2 Å². The number of hydrogen-bond donors (Lipinski definition) is 1. The molecule has 8 nitrogen and oxygen atoms in total. The molecule has 0 saturated carbocycles. The van der Waals surface area contributed by atoms with E-state index in [1.165, 1.54) is 11.1 Å². The van der Waals surface area contributed by atoms with Crippen LogP contribution in [0.4, 0.5) is 29.1 Å². The Labute approximate surface area is 367 Å². The van der Waals surface area contributed by atoms with Crippen molar-refractivity contribution in [3.05, 3.63) is 138 Å². The summed E-state index contributed by atoms with van der Waals surface area (Å²) in [7, 11) is -3.67. The summed E-state index contributed by atoms with van der Waals surface area (Å²) in [6.07, 6.45) is 6.96. The second-order valence-corrected chi connectivity index (χ2v) is 15.9. The first-order valence-corrected chi connectivity index (χ1v) is 20.4. The molecule has 1 atom stereocenters. The summed E-state index contributed by atoms with van der Waals surface area (Å²) < 4.78 is 41.3. The van der Waals surface area contributed by atoms with Gasteiger partial charge in [-0.3, -0.25) is 32.3 Å². The first kappa shape index (κ1) is 54.6. The molecule has 1 unspecified atom stereocenters. The zero-order valence-corrected chi connectivity index (χ0v) is 35.5. The van der Waals surface area contributed by atoms with Crippen LogP contribution in [0.15, 0.2) is 115 Å². The predicted molar refractivity (Wildman–Crippen MR) is 244 cm³/mol. The molecule has 1 aliphatic rings. The molecule has 5 rings (SSSR count). The fourth-order valence-electron chi connectivity index (χ4n) is 7.09. The third-order valence-corrected chi connectivity index (χ3v) is 10.5. The number of hydrogen-bond acceptors (Lipinski definition) is 5. The number of ether oxygens (including phenoxy) is 2. The van der Waals surface area contributed by atoms with Crippen molar-refractivity contribution < 1.29 is 46.0 Å². The fourth-order valence-corrected chi connectivity index (χ4v) is 7.09. The summed E-state index contributed by atoms with van der Waals surface area (Å²) >= 11 is 0. The van der Waals surface area contributed by atoms with E-state index in [1.54, 1.807) is 45.0 Å². The molecule has 0 spiro atoms. The number of nitrogens with one attached hydrogen (secondary N) is 1. The van der Waals surface area contributed by atoms with Gasteiger partial charge in [-0.1, -0.05) is 108 Å². The molecule has 0 bridgehead atoms. The van der Waals surface area contributed by atoms with E-state index in [0.29, 0.717) is 40.4 Å². The van der Waals surface area contributed by atoms with Crippen molar-refractivity contribution in [3.8, 4) is 5.75 Å². The smallest absolute Gasteiger partial charge is 0.762 e. The highest BCUT2D eigenvalue weighted by atomic mass is 19.4. The van der Waals surface area contributed by atoms with Crippen LogP contribution in [0.5, 0.6) is 5.75 Å². The van der Waals surface area contributed by atoms with E-state index in [9.17, 15) is 27.3 Å².